The van der Waals surface area contributed by atoms with Gasteiger partial charge in [-0.05, 0) is 60.4 Å². The number of benzene rings is 2. The van der Waals surface area contributed by atoms with Gasteiger partial charge in [0.1, 0.15) is 5.76 Å². The van der Waals surface area contributed by atoms with E-state index in [-0.39, 0.29) is 29.7 Å². The highest BCUT2D eigenvalue weighted by Gasteiger charge is 2.39. The summed E-state index contributed by atoms with van der Waals surface area (Å²) in [7, 11) is 0. The SMILES string of the molecule is CCC(Cc1ccccc1)c1oc(=O)c(NC(=O)Cc2ccncc2)c(O)c1C(c1ccccc1)C1CC1. The van der Waals surface area contributed by atoms with Crippen molar-refractivity contribution < 1.29 is 14.3 Å². The fourth-order valence-corrected chi connectivity index (χ4v) is 5.22. The van der Waals surface area contributed by atoms with Gasteiger partial charge >= 0.3 is 5.63 Å². The van der Waals surface area contributed by atoms with Gasteiger partial charge in [0.25, 0.3) is 0 Å². The third kappa shape index (κ3) is 5.70. The molecule has 0 saturated heterocycles. The fourth-order valence-electron chi connectivity index (χ4n) is 5.22. The Morgan fingerprint density at radius 2 is 1.66 bits per heavy atom. The van der Waals surface area contributed by atoms with Crippen LogP contribution in [0.3, 0.4) is 0 Å². The topological polar surface area (TPSA) is 92.4 Å². The Hall–Kier alpha value is -4.19. The van der Waals surface area contributed by atoms with Gasteiger partial charge in [-0.15, -0.1) is 0 Å². The second-order valence-corrected chi connectivity index (χ2v) is 9.99. The summed E-state index contributed by atoms with van der Waals surface area (Å²) in [4.78, 5) is 30.1. The molecule has 4 aromatic rings. The standard InChI is InChI=1S/C32H32N2O4/c1-2-23(19-21-9-5-3-6-10-21)31-28(27(25-13-14-25)24-11-7-4-8-12-24)30(36)29(32(37)38-31)34-26(35)20-22-15-17-33-18-16-22/h3-12,15-18,23,25,27,36H,2,13-14,19-20H2,1H3,(H,34,35). The van der Waals surface area contributed by atoms with E-state index in [1.165, 1.54) is 0 Å². The van der Waals surface area contributed by atoms with Crippen LogP contribution < -0.4 is 10.9 Å². The molecule has 2 aromatic heterocycles. The Labute approximate surface area is 222 Å². The number of amides is 1. The van der Waals surface area contributed by atoms with E-state index in [9.17, 15) is 14.7 Å². The molecule has 5 rings (SSSR count). The van der Waals surface area contributed by atoms with Crippen LogP contribution in [0.25, 0.3) is 0 Å². The van der Waals surface area contributed by atoms with Crippen LogP contribution in [0.1, 0.15) is 66.0 Å². The number of anilines is 1. The molecular formula is C32H32N2O4. The van der Waals surface area contributed by atoms with Crippen molar-refractivity contribution in [1.82, 2.24) is 4.98 Å². The predicted octanol–water partition coefficient (Wildman–Crippen LogP) is 6.20. The molecule has 2 atom stereocenters. The minimum atomic E-state index is -0.738. The van der Waals surface area contributed by atoms with Crippen LogP contribution in [0.4, 0.5) is 5.69 Å². The lowest BCUT2D eigenvalue weighted by Gasteiger charge is -2.26. The fraction of sp³-hybridized carbons (Fsp3) is 0.281. The predicted molar refractivity (Wildman–Crippen MR) is 147 cm³/mol. The number of hydrogen-bond donors (Lipinski definition) is 2. The highest BCUT2D eigenvalue weighted by atomic mass is 16.4. The van der Waals surface area contributed by atoms with Crippen LogP contribution in [0.2, 0.25) is 0 Å². The second-order valence-electron chi connectivity index (χ2n) is 9.99. The van der Waals surface area contributed by atoms with Crippen molar-refractivity contribution in [3.8, 4) is 5.75 Å². The van der Waals surface area contributed by atoms with E-state index in [1.807, 2.05) is 36.4 Å². The maximum Gasteiger partial charge on any atom is 0.363 e. The van der Waals surface area contributed by atoms with Gasteiger partial charge in [0.05, 0.1) is 6.42 Å². The highest BCUT2D eigenvalue weighted by molar-refractivity contribution is 5.93. The Bertz CT molecular complexity index is 1430. The molecular weight excluding hydrogens is 476 g/mol. The minimum Gasteiger partial charge on any atom is -0.505 e. The number of nitrogens with zero attached hydrogens (tertiary/aromatic N) is 1. The van der Waals surface area contributed by atoms with Crippen molar-refractivity contribution >= 4 is 11.6 Å². The zero-order valence-corrected chi connectivity index (χ0v) is 21.5. The highest BCUT2D eigenvalue weighted by Crippen LogP contribution is 2.52. The number of carbonyl (C=O) groups is 1. The lowest BCUT2D eigenvalue weighted by atomic mass is 9.81. The Kier molecular flexibility index (Phi) is 7.68. The molecule has 2 aromatic carbocycles. The molecule has 1 saturated carbocycles. The molecule has 0 radical (unpaired) electrons. The summed E-state index contributed by atoms with van der Waals surface area (Å²) < 4.78 is 6.04. The lowest BCUT2D eigenvalue weighted by Crippen LogP contribution is -2.23. The van der Waals surface area contributed by atoms with Crippen molar-refractivity contribution in [1.29, 1.82) is 0 Å². The zero-order chi connectivity index (χ0) is 26.5. The number of hydrogen-bond acceptors (Lipinski definition) is 5. The number of nitrogens with one attached hydrogen (secondary N) is 1. The van der Waals surface area contributed by atoms with Crippen LogP contribution in [0.5, 0.6) is 5.75 Å². The first-order chi connectivity index (χ1) is 18.5. The summed E-state index contributed by atoms with van der Waals surface area (Å²) in [6, 6.07) is 23.6. The summed E-state index contributed by atoms with van der Waals surface area (Å²) in [6.45, 7) is 2.06. The Balaban J connectivity index is 1.59. The maximum atomic E-state index is 13.3. The summed E-state index contributed by atoms with van der Waals surface area (Å²) in [5, 5.41) is 14.4. The molecule has 0 bridgehead atoms. The van der Waals surface area contributed by atoms with Crippen LogP contribution in [-0.2, 0) is 17.6 Å². The molecule has 2 heterocycles. The van der Waals surface area contributed by atoms with Gasteiger partial charge in [-0.3, -0.25) is 9.78 Å². The summed E-state index contributed by atoms with van der Waals surface area (Å²) in [5.74, 6) is -0.0204. The van der Waals surface area contributed by atoms with E-state index in [0.717, 1.165) is 36.0 Å². The third-order valence-corrected chi connectivity index (χ3v) is 7.29. The first-order valence-corrected chi connectivity index (χ1v) is 13.2. The molecule has 0 spiro atoms. The number of rotatable bonds is 10. The molecule has 0 aliphatic heterocycles. The van der Waals surface area contributed by atoms with E-state index < -0.39 is 11.5 Å². The number of carbonyl (C=O) groups excluding carboxylic acids is 1. The monoisotopic (exact) mass is 508 g/mol. The molecule has 6 heteroatoms. The van der Waals surface area contributed by atoms with E-state index in [2.05, 4.69) is 41.5 Å². The van der Waals surface area contributed by atoms with Crippen molar-refractivity contribution in [2.45, 2.75) is 50.9 Å². The van der Waals surface area contributed by atoms with Crippen LogP contribution >= 0.6 is 0 Å². The summed E-state index contributed by atoms with van der Waals surface area (Å²) >= 11 is 0. The summed E-state index contributed by atoms with van der Waals surface area (Å²) in [5.41, 5.74) is 2.62. The number of aromatic hydroxyl groups is 1. The van der Waals surface area contributed by atoms with Crippen molar-refractivity contribution in [3.63, 3.8) is 0 Å². The van der Waals surface area contributed by atoms with Gasteiger partial charge in [0.15, 0.2) is 11.4 Å². The maximum absolute atomic E-state index is 13.3. The Morgan fingerprint density at radius 1 is 1.00 bits per heavy atom. The van der Waals surface area contributed by atoms with Gasteiger partial charge in [0.2, 0.25) is 5.91 Å². The Morgan fingerprint density at radius 3 is 2.29 bits per heavy atom. The molecule has 6 nitrogen and oxygen atoms in total. The van der Waals surface area contributed by atoms with Crippen LogP contribution in [-0.4, -0.2) is 16.0 Å². The first kappa shape index (κ1) is 25.5. The second kappa shape index (κ2) is 11.5. The van der Waals surface area contributed by atoms with Crippen LogP contribution in [0.15, 0.2) is 94.4 Å². The molecule has 1 fully saturated rings. The first-order valence-electron chi connectivity index (χ1n) is 13.2. The molecule has 1 aliphatic carbocycles. The van der Waals surface area contributed by atoms with Gasteiger partial charge in [-0.1, -0.05) is 67.6 Å². The summed E-state index contributed by atoms with van der Waals surface area (Å²) in [6.07, 6.45) is 6.72. The third-order valence-electron chi connectivity index (χ3n) is 7.29. The lowest BCUT2D eigenvalue weighted by molar-refractivity contribution is -0.115. The van der Waals surface area contributed by atoms with Crippen molar-refractivity contribution in [3.05, 3.63) is 124 Å². The molecule has 1 aliphatic rings. The molecule has 2 unspecified atom stereocenters. The van der Waals surface area contributed by atoms with E-state index in [1.54, 1.807) is 24.5 Å². The average molecular weight is 509 g/mol. The van der Waals surface area contributed by atoms with Gasteiger partial charge in [-0.25, -0.2) is 4.79 Å². The minimum absolute atomic E-state index is 0.0504. The van der Waals surface area contributed by atoms with Gasteiger partial charge in [0, 0.05) is 29.8 Å². The van der Waals surface area contributed by atoms with E-state index >= 15 is 0 Å². The smallest absolute Gasteiger partial charge is 0.363 e. The number of pyridine rings is 1. The largest absolute Gasteiger partial charge is 0.505 e. The van der Waals surface area contributed by atoms with Gasteiger partial charge in [-0.2, -0.15) is 0 Å². The normalized spacial score (nSPS) is 14.6. The average Bonchev–Trinajstić information content (AvgIpc) is 3.78. The van der Waals surface area contributed by atoms with Gasteiger partial charge < -0.3 is 14.8 Å². The van der Waals surface area contributed by atoms with Crippen molar-refractivity contribution in [2.24, 2.45) is 5.92 Å². The van der Waals surface area contributed by atoms with E-state index in [0.29, 0.717) is 23.7 Å². The van der Waals surface area contributed by atoms with E-state index in [4.69, 9.17) is 4.42 Å². The van der Waals surface area contributed by atoms with Crippen LogP contribution in [0, 0.1) is 5.92 Å². The molecule has 194 valence electrons. The quantitative estimate of drug-likeness (QED) is 0.266. The van der Waals surface area contributed by atoms with Crippen molar-refractivity contribution in [2.75, 3.05) is 5.32 Å². The number of aromatic nitrogens is 1. The molecule has 38 heavy (non-hydrogen) atoms. The zero-order valence-electron chi connectivity index (χ0n) is 21.5. The molecule has 2 N–H and O–H groups in total. The molecule has 1 amide bonds.